The van der Waals surface area contributed by atoms with Crippen LogP contribution in [0.3, 0.4) is 0 Å². The molecule has 7 heteroatoms. The molecule has 0 atom stereocenters. The van der Waals surface area contributed by atoms with Crippen molar-refractivity contribution in [3.63, 3.8) is 0 Å². The molecule has 24 heavy (non-hydrogen) atoms. The molecule has 2 N–H and O–H groups in total. The lowest BCUT2D eigenvalue weighted by atomic mass is 10.2. The summed E-state index contributed by atoms with van der Waals surface area (Å²) in [5, 5.41) is 7.91. The van der Waals surface area contributed by atoms with Gasteiger partial charge in [-0.05, 0) is 24.6 Å². The summed E-state index contributed by atoms with van der Waals surface area (Å²) < 4.78 is 32.0. The quantitative estimate of drug-likeness (QED) is 0.488. The molecule has 0 bridgehead atoms. The van der Waals surface area contributed by atoms with Crippen molar-refractivity contribution in [2.24, 2.45) is 15.9 Å². The Hall–Kier alpha value is -2.41. The van der Waals surface area contributed by atoms with Gasteiger partial charge in [0.05, 0.1) is 12.8 Å². The number of halogens is 2. The zero-order valence-corrected chi connectivity index (χ0v) is 13.9. The Labute approximate surface area is 143 Å². The van der Waals surface area contributed by atoms with Gasteiger partial charge >= 0.3 is 0 Å². The second-order valence-corrected chi connectivity index (χ2v) is 5.70. The second-order valence-electron chi connectivity index (χ2n) is 4.70. The summed E-state index contributed by atoms with van der Waals surface area (Å²) in [5.41, 5.74) is 7.21. The first-order valence-electron chi connectivity index (χ1n) is 7.25. The molecular formula is C17H17F2N3OS. The van der Waals surface area contributed by atoms with Crippen molar-refractivity contribution >= 4 is 23.1 Å². The molecule has 0 saturated heterocycles. The number of nitrogens with two attached hydrogens (primary N) is 1. The maximum Gasteiger partial charge on any atom is 0.200 e. The van der Waals surface area contributed by atoms with Gasteiger partial charge in [0, 0.05) is 11.3 Å². The molecule has 0 spiro atoms. The highest BCUT2D eigenvalue weighted by Gasteiger charge is 2.10. The molecule has 0 radical (unpaired) electrons. The van der Waals surface area contributed by atoms with Gasteiger partial charge in [0.2, 0.25) is 5.82 Å². The number of rotatable bonds is 6. The smallest absolute Gasteiger partial charge is 0.200 e. The molecule has 0 aromatic heterocycles. The van der Waals surface area contributed by atoms with E-state index >= 15 is 0 Å². The van der Waals surface area contributed by atoms with E-state index in [0.717, 1.165) is 11.6 Å². The first kappa shape index (κ1) is 17.9. The molecule has 2 rings (SSSR count). The van der Waals surface area contributed by atoms with Crippen LogP contribution in [0.4, 0.5) is 8.78 Å². The van der Waals surface area contributed by atoms with E-state index in [0.29, 0.717) is 11.3 Å². The fourth-order valence-corrected chi connectivity index (χ4v) is 2.44. The van der Waals surface area contributed by atoms with Crippen molar-refractivity contribution in [3.8, 4) is 5.75 Å². The summed E-state index contributed by atoms with van der Waals surface area (Å²) in [7, 11) is 0. The number of thioether (sulfide) groups is 1. The molecule has 2 aromatic carbocycles. The Bertz CT molecular complexity index is 736. The summed E-state index contributed by atoms with van der Waals surface area (Å²) in [6.07, 6.45) is 1.29. The van der Waals surface area contributed by atoms with E-state index in [1.54, 1.807) is 6.92 Å². The fraction of sp³-hybridized carbons (Fsp3) is 0.176. The zero-order chi connectivity index (χ0) is 17.4. The lowest BCUT2D eigenvalue weighted by Gasteiger charge is -2.05. The SMILES string of the molecule is CCOc1cc(C=NN=C(N)SCc2ccccc2)cc(F)c1F. The third-order valence-electron chi connectivity index (χ3n) is 2.91. The van der Waals surface area contributed by atoms with E-state index in [4.69, 9.17) is 10.5 Å². The van der Waals surface area contributed by atoms with Gasteiger partial charge in [0.15, 0.2) is 16.7 Å². The normalized spacial score (nSPS) is 11.9. The lowest BCUT2D eigenvalue weighted by Crippen LogP contribution is -2.06. The van der Waals surface area contributed by atoms with Crippen molar-refractivity contribution in [3.05, 3.63) is 65.2 Å². The van der Waals surface area contributed by atoms with Gasteiger partial charge in [-0.2, -0.15) is 9.49 Å². The van der Waals surface area contributed by atoms with Gasteiger partial charge in [-0.1, -0.05) is 42.1 Å². The Morgan fingerprint density at radius 1 is 1.25 bits per heavy atom. The van der Waals surface area contributed by atoms with Gasteiger partial charge in [0.1, 0.15) is 0 Å². The molecule has 0 heterocycles. The van der Waals surface area contributed by atoms with Crippen molar-refractivity contribution in [1.82, 2.24) is 0 Å². The standard InChI is InChI=1S/C17H17F2N3OS/c1-2-23-15-9-13(8-14(18)16(15)19)10-21-22-17(20)24-11-12-6-4-3-5-7-12/h3-10H,2,11H2,1H3,(H2,20,22). The summed E-state index contributed by atoms with van der Waals surface area (Å²) in [4.78, 5) is 0. The third kappa shape index (κ3) is 5.34. The number of nitrogens with zero attached hydrogens (tertiary/aromatic N) is 2. The monoisotopic (exact) mass is 349 g/mol. The summed E-state index contributed by atoms with van der Waals surface area (Å²) in [6, 6.07) is 12.2. The van der Waals surface area contributed by atoms with Gasteiger partial charge in [0.25, 0.3) is 0 Å². The molecule has 0 aliphatic heterocycles. The van der Waals surface area contributed by atoms with Crippen LogP contribution < -0.4 is 10.5 Å². The van der Waals surface area contributed by atoms with Crippen molar-refractivity contribution in [2.75, 3.05) is 6.61 Å². The van der Waals surface area contributed by atoms with Crippen LogP contribution in [0.15, 0.2) is 52.7 Å². The molecular weight excluding hydrogens is 332 g/mol. The second kappa shape index (κ2) is 9.02. The summed E-state index contributed by atoms with van der Waals surface area (Å²) in [5.74, 6) is -1.51. The van der Waals surface area contributed by atoms with Crippen LogP contribution in [-0.4, -0.2) is 18.0 Å². The first-order chi connectivity index (χ1) is 11.6. The average molecular weight is 349 g/mol. The van der Waals surface area contributed by atoms with Crippen LogP contribution in [0.1, 0.15) is 18.1 Å². The highest BCUT2D eigenvalue weighted by atomic mass is 32.2. The van der Waals surface area contributed by atoms with E-state index in [-0.39, 0.29) is 17.5 Å². The number of hydrogen-bond donors (Lipinski definition) is 1. The van der Waals surface area contributed by atoms with E-state index in [9.17, 15) is 8.78 Å². The van der Waals surface area contributed by atoms with E-state index in [1.807, 2.05) is 30.3 Å². The van der Waals surface area contributed by atoms with Gasteiger partial charge in [-0.15, -0.1) is 5.10 Å². The number of amidine groups is 1. The highest BCUT2D eigenvalue weighted by Crippen LogP contribution is 2.21. The van der Waals surface area contributed by atoms with Crippen LogP contribution in [0.2, 0.25) is 0 Å². The fourth-order valence-electron chi connectivity index (χ4n) is 1.83. The topological polar surface area (TPSA) is 60.0 Å². The molecule has 2 aromatic rings. The maximum absolute atomic E-state index is 13.5. The minimum absolute atomic E-state index is 0.158. The number of benzene rings is 2. The molecule has 0 amide bonds. The largest absolute Gasteiger partial charge is 0.491 e. The summed E-state index contributed by atoms with van der Waals surface area (Å²) >= 11 is 1.34. The molecule has 0 aliphatic carbocycles. The van der Waals surface area contributed by atoms with E-state index in [1.165, 1.54) is 24.0 Å². The van der Waals surface area contributed by atoms with Gasteiger partial charge in [-0.3, -0.25) is 0 Å². The maximum atomic E-state index is 13.5. The van der Waals surface area contributed by atoms with Crippen LogP contribution in [0, 0.1) is 11.6 Å². The minimum Gasteiger partial charge on any atom is -0.491 e. The Morgan fingerprint density at radius 3 is 2.71 bits per heavy atom. The molecule has 4 nitrogen and oxygen atoms in total. The number of hydrogen-bond acceptors (Lipinski definition) is 4. The van der Waals surface area contributed by atoms with Crippen LogP contribution in [0.25, 0.3) is 0 Å². The van der Waals surface area contributed by atoms with Crippen molar-refractivity contribution in [2.45, 2.75) is 12.7 Å². The molecule has 0 saturated carbocycles. The lowest BCUT2D eigenvalue weighted by molar-refractivity contribution is 0.314. The predicted octanol–water partition coefficient (Wildman–Crippen LogP) is 3.95. The van der Waals surface area contributed by atoms with Crippen molar-refractivity contribution < 1.29 is 13.5 Å². The van der Waals surface area contributed by atoms with Gasteiger partial charge in [-0.25, -0.2) is 4.39 Å². The number of ether oxygens (including phenoxy) is 1. The minimum atomic E-state index is -1.02. The van der Waals surface area contributed by atoms with Crippen molar-refractivity contribution in [1.29, 1.82) is 0 Å². The van der Waals surface area contributed by atoms with E-state index < -0.39 is 11.6 Å². The van der Waals surface area contributed by atoms with Crippen LogP contribution in [-0.2, 0) is 5.75 Å². The van der Waals surface area contributed by atoms with Crippen LogP contribution in [0.5, 0.6) is 5.75 Å². The predicted molar refractivity (Wildman–Crippen MR) is 94.5 cm³/mol. The zero-order valence-electron chi connectivity index (χ0n) is 13.1. The Balaban J connectivity index is 1.99. The molecule has 0 fully saturated rings. The first-order valence-corrected chi connectivity index (χ1v) is 8.23. The van der Waals surface area contributed by atoms with Gasteiger partial charge < -0.3 is 10.5 Å². The molecule has 0 unspecified atom stereocenters. The average Bonchev–Trinajstić information content (AvgIpc) is 2.58. The molecule has 0 aliphatic rings. The summed E-state index contributed by atoms with van der Waals surface area (Å²) in [6.45, 7) is 1.92. The Kier molecular flexibility index (Phi) is 6.74. The third-order valence-corrected chi connectivity index (χ3v) is 3.76. The van der Waals surface area contributed by atoms with E-state index in [2.05, 4.69) is 10.2 Å². The van der Waals surface area contributed by atoms with Crippen LogP contribution >= 0.6 is 11.8 Å². The highest BCUT2D eigenvalue weighted by molar-refractivity contribution is 8.13. The Morgan fingerprint density at radius 2 is 2.00 bits per heavy atom. The molecule has 126 valence electrons.